The highest BCUT2D eigenvalue weighted by atomic mass is 32.2. The van der Waals surface area contributed by atoms with Gasteiger partial charge >= 0.3 is 17.9 Å². The molecule has 0 rings (SSSR count). The van der Waals surface area contributed by atoms with Crippen molar-refractivity contribution in [2.75, 3.05) is 18.6 Å². The van der Waals surface area contributed by atoms with Crippen molar-refractivity contribution in [2.24, 2.45) is 17.2 Å². The molecule has 11 heteroatoms. The number of nitrogens with two attached hydrogens (primary N) is 3. The number of thioether (sulfide) groups is 1. The van der Waals surface area contributed by atoms with E-state index in [0.717, 1.165) is 5.75 Å². The Kier molecular flexibility index (Phi) is 18.6. The van der Waals surface area contributed by atoms with Gasteiger partial charge in [-0.3, -0.25) is 14.4 Å². The van der Waals surface area contributed by atoms with Gasteiger partial charge < -0.3 is 37.6 Å². The molecule has 22 heavy (non-hydrogen) atoms. The summed E-state index contributed by atoms with van der Waals surface area (Å²) in [5.74, 6) is -2.24. The van der Waals surface area contributed by atoms with Crippen molar-refractivity contribution < 1.29 is 34.8 Å². The van der Waals surface area contributed by atoms with Gasteiger partial charge in [0.2, 0.25) is 0 Å². The lowest BCUT2D eigenvalue weighted by Crippen LogP contribution is -2.33. The molecule has 132 valence electrons. The van der Waals surface area contributed by atoms with E-state index in [1.165, 1.54) is 6.92 Å². The van der Waals surface area contributed by atoms with Gasteiger partial charge in [-0.2, -0.15) is 11.8 Å². The Morgan fingerprint density at radius 1 is 0.955 bits per heavy atom. The molecule has 0 heterocycles. The first-order chi connectivity index (χ1) is 10.0. The summed E-state index contributed by atoms with van der Waals surface area (Å²) in [6.07, 6.45) is 2.48. The van der Waals surface area contributed by atoms with Gasteiger partial charge in [0.15, 0.2) is 0 Å². The average Bonchev–Trinajstić information content (AvgIpc) is 2.44. The maximum atomic E-state index is 10.1. The molecule has 0 bridgehead atoms. The van der Waals surface area contributed by atoms with Gasteiger partial charge in [-0.05, 0) is 25.4 Å². The Balaban J connectivity index is -0.000000252. The number of rotatable bonds is 7. The van der Waals surface area contributed by atoms with Crippen LogP contribution in [0.25, 0.3) is 0 Å². The van der Waals surface area contributed by atoms with E-state index < -0.39 is 42.6 Å². The van der Waals surface area contributed by atoms with E-state index >= 15 is 0 Å². The zero-order chi connectivity index (χ0) is 18.3. The minimum absolute atomic E-state index is 0.505. The summed E-state index contributed by atoms with van der Waals surface area (Å²) in [7, 11) is 0. The lowest BCUT2D eigenvalue weighted by atomic mass is 10.2. The van der Waals surface area contributed by atoms with E-state index in [1.807, 2.05) is 6.26 Å². The number of carbonyl (C=O) groups is 3. The quantitative estimate of drug-likeness (QED) is 0.267. The van der Waals surface area contributed by atoms with Gasteiger partial charge in [-0.15, -0.1) is 0 Å². The third-order valence-electron chi connectivity index (χ3n) is 1.85. The Labute approximate surface area is 132 Å². The topological polar surface area (TPSA) is 210 Å². The normalized spacial score (nSPS) is 13.4. The second-order valence-electron chi connectivity index (χ2n) is 3.98. The molecule has 0 aromatic carbocycles. The van der Waals surface area contributed by atoms with Crippen molar-refractivity contribution in [3.63, 3.8) is 0 Å². The first-order valence-electron chi connectivity index (χ1n) is 6.06. The van der Waals surface area contributed by atoms with Crippen molar-refractivity contribution in [1.29, 1.82) is 0 Å². The summed E-state index contributed by atoms with van der Waals surface area (Å²) in [5.41, 5.74) is 14.8. The van der Waals surface area contributed by atoms with E-state index in [9.17, 15) is 14.4 Å². The molecule has 0 amide bonds. The van der Waals surface area contributed by atoms with Crippen LogP contribution >= 0.6 is 11.8 Å². The fourth-order valence-electron chi connectivity index (χ4n) is 0.446. The van der Waals surface area contributed by atoms with E-state index in [4.69, 9.17) is 37.6 Å². The van der Waals surface area contributed by atoms with Crippen LogP contribution in [0.15, 0.2) is 0 Å². The summed E-state index contributed by atoms with van der Waals surface area (Å²) >= 11 is 1.60. The second kappa shape index (κ2) is 16.0. The smallest absolute Gasteiger partial charge is 0.322 e. The van der Waals surface area contributed by atoms with Crippen LogP contribution in [-0.2, 0) is 14.4 Å². The number of aliphatic carboxylic acids is 3. The minimum Gasteiger partial charge on any atom is -0.480 e. The molecule has 0 saturated heterocycles. The van der Waals surface area contributed by atoms with Crippen molar-refractivity contribution >= 4 is 29.7 Å². The van der Waals surface area contributed by atoms with Gasteiger partial charge in [0, 0.05) is 0 Å². The molecule has 0 aliphatic rings. The van der Waals surface area contributed by atoms with Gasteiger partial charge in [0.05, 0.1) is 6.61 Å². The monoisotopic (exact) mass is 343 g/mol. The largest absolute Gasteiger partial charge is 0.480 e. The van der Waals surface area contributed by atoms with Crippen molar-refractivity contribution in [3.8, 4) is 0 Å². The maximum absolute atomic E-state index is 10.1. The van der Waals surface area contributed by atoms with Crippen LogP contribution in [0.5, 0.6) is 0 Å². The fraction of sp³-hybridized carbons (Fsp3) is 0.727. The minimum atomic E-state index is -1.18. The molecule has 3 unspecified atom stereocenters. The number of hydrogen-bond donors (Lipinski definition) is 7. The summed E-state index contributed by atoms with van der Waals surface area (Å²) in [6.45, 7) is 0.914. The second-order valence-corrected chi connectivity index (χ2v) is 4.97. The standard InChI is InChI=1S/C5H11NO2S.C3H7NO3.C3H7NO2/c1-9-3-2-4(6)5(7)8;4-2(1-5)3(6)7;1-2(4)3(5)6/h4H,2-3,6H2,1H3,(H,7,8);2,5H,1,4H2,(H,6,7);2H,4H2,1H3,(H,5,6). The van der Waals surface area contributed by atoms with E-state index in [-0.39, 0.29) is 0 Å². The van der Waals surface area contributed by atoms with E-state index in [2.05, 4.69) is 0 Å². The molecule has 0 radical (unpaired) electrons. The average molecular weight is 343 g/mol. The summed E-state index contributed by atoms with van der Waals surface area (Å²) < 4.78 is 0. The van der Waals surface area contributed by atoms with Gasteiger partial charge in [0.1, 0.15) is 18.1 Å². The molecular weight excluding hydrogens is 318 g/mol. The molecule has 0 saturated carbocycles. The summed E-state index contributed by atoms with van der Waals surface area (Å²) in [5, 5.41) is 32.0. The third-order valence-corrected chi connectivity index (χ3v) is 2.50. The van der Waals surface area contributed by atoms with Crippen LogP contribution in [0.2, 0.25) is 0 Å². The predicted octanol–water partition coefficient (Wildman–Crippen LogP) is -2.04. The molecule has 0 spiro atoms. The first kappa shape index (κ1) is 25.5. The molecule has 3 atom stereocenters. The fourth-order valence-corrected chi connectivity index (χ4v) is 0.936. The molecule has 0 aliphatic heterocycles. The van der Waals surface area contributed by atoms with E-state index in [1.54, 1.807) is 11.8 Å². The zero-order valence-corrected chi connectivity index (χ0v) is 13.3. The van der Waals surface area contributed by atoms with Crippen molar-refractivity contribution in [1.82, 2.24) is 0 Å². The molecule has 0 fully saturated rings. The molecule has 10 N–H and O–H groups in total. The number of hydrogen-bond acceptors (Lipinski definition) is 8. The number of carboxylic acid groups (broad SMARTS) is 3. The first-order valence-corrected chi connectivity index (χ1v) is 7.45. The molecular formula is C11H25N3O7S. The van der Waals surface area contributed by atoms with Gasteiger partial charge in [-0.1, -0.05) is 0 Å². The highest BCUT2D eigenvalue weighted by molar-refractivity contribution is 7.98. The van der Waals surface area contributed by atoms with Crippen molar-refractivity contribution in [2.45, 2.75) is 31.5 Å². The third kappa shape index (κ3) is 20.9. The molecule has 0 aromatic heterocycles. The zero-order valence-electron chi connectivity index (χ0n) is 12.5. The van der Waals surface area contributed by atoms with Crippen LogP contribution in [0, 0.1) is 0 Å². The van der Waals surface area contributed by atoms with Crippen LogP contribution in [0.4, 0.5) is 0 Å². The van der Waals surface area contributed by atoms with Crippen LogP contribution in [0.3, 0.4) is 0 Å². The lowest BCUT2D eigenvalue weighted by Gasteiger charge is -2.02. The van der Waals surface area contributed by atoms with Gasteiger partial charge in [-0.25, -0.2) is 0 Å². The number of aliphatic hydroxyl groups excluding tert-OH is 1. The molecule has 0 aliphatic carbocycles. The number of carboxylic acids is 3. The van der Waals surface area contributed by atoms with E-state index in [0.29, 0.717) is 6.42 Å². The van der Waals surface area contributed by atoms with Crippen LogP contribution in [0.1, 0.15) is 13.3 Å². The van der Waals surface area contributed by atoms with Gasteiger partial charge in [0.25, 0.3) is 0 Å². The highest BCUT2D eigenvalue weighted by Gasteiger charge is 2.09. The highest BCUT2D eigenvalue weighted by Crippen LogP contribution is 1.97. The Hall–Kier alpha value is -1.40. The van der Waals surface area contributed by atoms with Crippen LogP contribution in [-0.4, -0.2) is 75.1 Å². The Bertz CT molecular complexity index is 329. The summed E-state index contributed by atoms with van der Waals surface area (Å²) in [4.78, 5) is 29.3. The predicted molar refractivity (Wildman–Crippen MR) is 82.6 cm³/mol. The molecule has 10 nitrogen and oxygen atoms in total. The van der Waals surface area contributed by atoms with Crippen LogP contribution < -0.4 is 17.2 Å². The molecule has 0 aromatic rings. The number of aliphatic hydroxyl groups is 1. The van der Waals surface area contributed by atoms with Crippen molar-refractivity contribution in [3.05, 3.63) is 0 Å². The Morgan fingerprint density at radius 2 is 1.32 bits per heavy atom. The summed E-state index contributed by atoms with van der Waals surface area (Å²) in [6, 6.07) is -2.54. The Morgan fingerprint density at radius 3 is 1.45 bits per heavy atom. The lowest BCUT2D eigenvalue weighted by molar-refractivity contribution is -0.140. The SMILES string of the molecule is CC(N)C(=O)O.CSCCC(N)C(=O)O.NC(CO)C(=O)O. The maximum Gasteiger partial charge on any atom is 0.322 e.